The molecule has 0 radical (unpaired) electrons. The minimum atomic E-state index is -1.11. The summed E-state index contributed by atoms with van der Waals surface area (Å²) in [5, 5.41) is 48.0. The van der Waals surface area contributed by atoms with Crippen LogP contribution in [0, 0.1) is 0 Å². The first kappa shape index (κ1) is 44.1. The molecule has 0 amide bonds. The number of benzene rings is 3. The van der Waals surface area contributed by atoms with E-state index >= 15 is 0 Å². The third kappa shape index (κ3) is 15.8. The fourth-order valence-electron chi connectivity index (χ4n) is 7.53. The van der Waals surface area contributed by atoms with Crippen LogP contribution in [-0.2, 0) is 34.0 Å². The first-order valence-electron chi connectivity index (χ1n) is 20.9. The highest BCUT2D eigenvalue weighted by molar-refractivity contribution is 5.16. The zero-order valence-corrected chi connectivity index (χ0v) is 32.7. The van der Waals surface area contributed by atoms with Gasteiger partial charge in [0.15, 0.2) is 0 Å². The Bertz CT molecular complexity index is 1330. The lowest BCUT2D eigenvalue weighted by atomic mass is 9.89. The molecule has 0 spiro atoms. The van der Waals surface area contributed by atoms with Gasteiger partial charge in [0.05, 0.1) is 38.1 Å². The summed E-state index contributed by atoms with van der Waals surface area (Å²) in [6, 6.07) is 29.2. The molecule has 5 N–H and O–H groups in total. The summed E-state index contributed by atoms with van der Waals surface area (Å²) in [4.78, 5) is 0. The molecule has 8 atom stereocenters. The number of hydrogen-bond donors (Lipinski definition) is 5. The van der Waals surface area contributed by atoms with E-state index in [0.29, 0.717) is 32.4 Å². The molecule has 3 aromatic rings. The van der Waals surface area contributed by atoms with E-state index in [1.165, 1.54) is 57.8 Å². The van der Waals surface area contributed by atoms with Gasteiger partial charge in [-0.05, 0) is 36.0 Å². The van der Waals surface area contributed by atoms with Crippen molar-refractivity contribution in [3.8, 4) is 0 Å². The topological polar surface area (TPSA) is 121 Å². The van der Waals surface area contributed by atoms with Crippen LogP contribution in [0.4, 0.5) is 0 Å². The van der Waals surface area contributed by atoms with Gasteiger partial charge in [-0.25, -0.2) is 0 Å². The minimum absolute atomic E-state index is 0.268. The zero-order valence-electron chi connectivity index (χ0n) is 32.7. The molecule has 1 heterocycles. The predicted octanol–water partition coefficient (Wildman–Crippen LogP) is 8.03. The maximum Gasteiger partial charge on any atom is 0.115 e. The summed E-state index contributed by atoms with van der Waals surface area (Å²) in [5.74, 6) is 0. The molecular formula is C46H69NO7. The van der Waals surface area contributed by atoms with Crippen molar-refractivity contribution in [1.82, 2.24) is 5.32 Å². The lowest BCUT2D eigenvalue weighted by Crippen LogP contribution is -2.60. The summed E-state index contributed by atoms with van der Waals surface area (Å²) in [6.07, 6.45) is 10.6. The lowest BCUT2D eigenvalue weighted by molar-refractivity contribution is -0.259. The van der Waals surface area contributed by atoms with Crippen molar-refractivity contribution in [3.05, 3.63) is 108 Å². The predicted molar refractivity (Wildman–Crippen MR) is 216 cm³/mol. The minimum Gasteiger partial charge on any atom is -0.394 e. The van der Waals surface area contributed by atoms with Crippen molar-refractivity contribution in [1.29, 1.82) is 0 Å². The van der Waals surface area contributed by atoms with Crippen LogP contribution in [0.2, 0.25) is 0 Å². The second kappa shape index (κ2) is 26.2. The SMILES string of the molecule is CCCCCCCCCCCCCC[C@@H](O)[C@@H](O)[C@H](CC[C@H]1OC(CO)[C@H](O)[C@@H](OCc2ccccc2)C1OCc1ccccc1)NCc1ccccc1. The fraction of sp³-hybridized carbons (Fsp3) is 0.609. The Hall–Kier alpha value is -2.66. The number of nitrogens with one attached hydrogen (secondary N) is 1. The molecule has 1 fully saturated rings. The maximum absolute atomic E-state index is 11.6. The van der Waals surface area contributed by atoms with Gasteiger partial charge in [0, 0.05) is 12.6 Å². The van der Waals surface area contributed by atoms with Crippen LogP contribution in [0.3, 0.4) is 0 Å². The highest BCUT2D eigenvalue weighted by Gasteiger charge is 2.46. The molecule has 1 saturated heterocycles. The van der Waals surface area contributed by atoms with Crippen LogP contribution >= 0.6 is 0 Å². The van der Waals surface area contributed by atoms with E-state index in [-0.39, 0.29) is 13.2 Å². The normalized spacial score (nSPS) is 21.8. The van der Waals surface area contributed by atoms with E-state index in [4.69, 9.17) is 14.2 Å². The van der Waals surface area contributed by atoms with Crippen molar-refractivity contribution in [3.63, 3.8) is 0 Å². The fourth-order valence-corrected chi connectivity index (χ4v) is 7.53. The molecule has 300 valence electrons. The quantitative estimate of drug-likeness (QED) is 0.0474. The van der Waals surface area contributed by atoms with Gasteiger partial charge in [-0.3, -0.25) is 0 Å². The molecule has 0 bridgehead atoms. The van der Waals surface area contributed by atoms with E-state index in [9.17, 15) is 20.4 Å². The molecule has 4 rings (SSSR count). The van der Waals surface area contributed by atoms with E-state index in [1.54, 1.807) is 0 Å². The van der Waals surface area contributed by atoms with Crippen LogP contribution in [0.5, 0.6) is 0 Å². The van der Waals surface area contributed by atoms with Gasteiger partial charge >= 0.3 is 0 Å². The van der Waals surface area contributed by atoms with Gasteiger partial charge in [-0.2, -0.15) is 0 Å². The van der Waals surface area contributed by atoms with Crippen LogP contribution in [0.25, 0.3) is 0 Å². The first-order valence-corrected chi connectivity index (χ1v) is 20.9. The third-order valence-electron chi connectivity index (χ3n) is 10.8. The molecule has 8 heteroatoms. The Balaban J connectivity index is 1.37. The maximum atomic E-state index is 11.6. The zero-order chi connectivity index (χ0) is 38.2. The molecule has 2 unspecified atom stereocenters. The monoisotopic (exact) mass is 748 g/mol. The van der Waals surface area contributed by atoms with Gasteiger partial charge in [-0.1, -0.05) is 175 Å². The van der Waals surface area contributed by atoms with Crippen molar-refractivity contribution in [2.45, 2.75) is 172 Å². The highest BCUT2D eigenvalue weighted by Crippen LogP contribution is 2.31. The summed E-state index contributed by atoms with van der Waals surface area (Å²) in [6.45, 7) is 2.99. The average molecular weight is 748 g/mol. The second-order valence-corrected chi connectivity index (χ2v) is 15.2. The van der Waals surface area contributed by atoms with Crippen LogP contribution in [0.1, 0.15) is 120 Å². The standard InChI is InChI=1S/C46H69NO7/c1-2-3-4-5-6-7-8-9-10-11-12-22-29-40(49)43(50)39(47-32-36-23-16-13-17-24-36)30-31-41-45(52-34-37-25-18-14-19-26-37)46(44(51)42(33-48)54-41)53-35-38-27-20-15-21-28-38/h13-21,23-28,39-51H,2-12,22,29-35H2,1H3/t39-,40+,41+,42?,43-,44-,45?,46+/m0/s1. The third-order valence-corrected chi connectivity index (χ3v) is 10.8. The molecule has 3 aromatic carbocycles. The van der Waals surface area contributed by atoms with Crippen LogP contribution < -0.4 is 5.32 Å². The van der Waals surface area contributed by atoms with E-state index in [0.717, 1.165) is 36.0 Å². The Morgan fingerprint density at radius 3 is 1.61 bits per heavy atom. The molecule has 8 nitrogen and oxygen atoms in total. The molecule has 1 aliphatic rings. The van der Waals surface area contributed by atoms with Gasteiger partial charge in [0.1, 0.15) is 24.4 Å². The van der Waals surface area contributed by atoms with Crippen LogP contribution in [-0.4, -0.2) is 75.8 Å². The number of aliphatic hydroxyl groups excluding tert-OH is 4. The van der Waals surface area contributed by atoms with Gasteiger partial charge in [0.2, 0.25) is 0 Å². The first-order chi connectivity index (χ1) is 26.5. The molecule has 0 saturated carbocycles. The van der Waals surface area contributed by atoms with E-state index in [1.807, 2.05) is 91.0 Å². The lowest BCUT2D eigenvalue weighted by Gasteiger charge is -2.44. The number of rotatable bonds is 28. The van der Waals surface area contributed by atoms with Crippen LogP contribution in [0.15, 0.2) is 91.0 Å². The molecular weight excluding hydrogens is 679 g/mol. The summed E-state index contributed by atoms with van der Waals surface area (Å²) in [5.41, 5.74) is 3.03. The Labute approximate surface area is 325 Å². The Morgan fingerprint density at radius 1 is 0.611 bits per heavy atom. The Morgan fingerprint density at radius 2 is 1.09 bits per heavy atom. The molecule has 0 aliphatic carbocycles. The van der Waals surface area contributed by atoms with Crippen molar-refractivity contribution in [2.24, 2.45) is 0 Å². The Kier molecular flexibility index (Phi) is 21.4. The summed E-state index contributed by atoms with van der Waals surface area (Å²) >= 11 is 0. The number of unbranched alkanes of at least 4 members (excludes halogenated alkanes) is 11. The van der Waals surface area contributed by atoms with Crippen molar-refractivity contribution >= 4 is 0 Å². The number of ether oxygens (including phenoxy) is 3. The summed E-state index contributed by atoms with van der Waals surface area (Å²) in [7, 11) is 0. The average Bonchev–Trinajstić information content (AvgIpc) is 3.21. The van der Waals surface area contributed by atoms with E-state index in [2.05, 4.69) is 12.2 Å². The molecule has 54 heavy (non-hydrogen) atoms. The highest BCUT2D eigenvalue weighted by atomic mass is 16.6. The largest absolute Gasteiger partial charge is 0.394 e. The van der Waals surface area contributed by atoms with E-state index < -0.39 is 48.8 Å². The summed E-state index contributed by atoms with van der Waals surface area (Å²) < 4.78 is 19.3. The molecule has 1 aliphatic heterocycles. The second-order valence-electron chi connectivity index (χ2n) is 15.2. The van der Waals surface area contributed by atoms with Gasteiger partial charge in [-0.15, -0.1) is 0 Å². The van der Waals surface area contributed by atoms with Gasteiger partial charge < -0.3 is 40.0 Å². The van der Waals surface area contributed by atoms with Gasteiger partial charge in [0.25, 0.3) is 0 Å². The smallest absolute Gasteiger partial charge is 0.115 e. The van der Waals surface area contributed by atoms with Crippen molar-refractivity contribution < 1.29 is 34.6 Å². The number of aliphatic hydroxyl groups is 4. The van der Waals surface area contributed by atoms with Crippen molar-refractivity contribution in [2.75, 3.05) is 6.61 Å². The molecule has 0 aromatic heterocycles. The number of hydrogen-bond acceptors (Lipinski definition) is 8.